The van der Waals surface area contributed by atoms with Crippen LogP contribution in [0.4, 0.5) is 5.82 Å². The quantitative estimate of drug-likeness (QED) is 0.229. The summed E-state index contributed by atoms with van der Waals surface area (Å²) >= 11 is 4.64. The number of nitrogens with zero attached hydrogens (tertiary/aromatic N) is 1. The molecule has 1 aromatic carbocycles. The van der Waals surface area contributed by atoms with Crippen molar-refractivity contribution < 1.29 is 4.74 Å². The number of nitrogens with one attached hydrogen (secondary N) is 2. The van der Waals surface area contributed by atoms with E-state index in [-0.39, 0.29) is 0 Å². The molecule has 0 radical (unpaired) electrons. The van der Waals surface area contributed by atoms with E-state index in [4.69, 9.17) is 10.5 Å². The fourth-order valence-corrected chi connectivity index (χ4v) is 2.67. The monoisotopic (exact) mass is 502 g/mol. The number of nitrogens with two attached hydrogens (primary N) is 1. The van der Waals surface area contributed by atoms with Gasteiger partial charge in [-0.3, -0.25) is 0 Å². The lowest BCUT2D eigenvalue weighted by Crippen LogP contribution is -2.14. The van der Waals surface area contributed by atoms with E-state index in [9.17, 15) is 0 Å². The molecule has 2 rings (SSSR count). The van der Waals surface area contributed by atoms with Gasteiger partial charge in [0.2, 0.25) is 0 Å². The normalized spacial score (nSPS) is 9.57. The van der Waals surface area contributed by atoms with Gasteiger partial charge >= 0.3 is 0 Å². The molecule has 0 amide bonds. The molecule has 196 valence electrons. The van der Waals surface area contributed by atoms with Gasteiger partial charge in [0.15, 0.2) is 0 Å². The lowest BCUT2D eigenvalue weighted by molar-refractivity contribution is 0.325. The molecule has 0 aliphatic rings. The molecule has 6 heteroatoms. The summed E-state index contributed by atoms with van der Waals surface area (Å²) in [5.74, 6) is 2.05. The van der Waals surface area contributed by atoms with Gasteiger partial charge in [-0.1, -0.05) is 65.1 Å². The van der Waals surface area contributed by atoms with Crippen molar-refractivity contribution in [2.75, 3.05) is 24.9 Å². The van der Waals surface area contributed by atoms with Gasteiger partial charge in [-0.15, -0.1) is 11.6 Å². The van der Waals surface area contributed by atoms with Crippen molar-refractivity contribution in [1.29, 1.82) is 0 Å². The Labute approximate surface area is 219 Å². The van der Waals surface area contributed by atoms with Crippen LogP contribution in [0, 0.1) is 0 Å². The van der Waals surface area contributed by atoms with Gasteiger partial charge in [0.05, 0.1) is 0 Å². The van der Waals surface area contributed by atoms with Crippen molar-refractivity contribution in [2.24, 2.45) is 5.73 Å². The first kappa shape index (κ1) is 34.4. The summed E-state index contributed by atoms with van der Waals surface area (Å²) in [6, 6.07) is 10.2. The van der Waals surface area contributed by atoms with Gasteiger partial charge in [-0.05, 0) is 50.5 Å². The summed E-state index contributed by atoms with van der Waals surface area (Å²) in [4.78, 5) is 4.46. The maximum absolute atomic E-state index is 5.87. The SMILES string of the molecule is C/C=C\C.C=C(C)NC(=C)c1cccnc1NCc1ccc(C(C)C)cc1OCCN.CC.CCl. The van der Waals surface area contributed by atoms with E-state index in [0.717, 1.165) is 34.1 Å². The first-order valence-corrected chi connectivity index (χ1v) is 12.8. The smallest absolute Gasteiger partial charge is 0.135 e. The number of benzene rings is 1. The van der Waals surface area contributed by atoms with E-state index in [1.807, 2.05) is 58.9 Å². The molecule has 0 atom stereocenters. The summed E-state index contributed by atoms with van der Waals surface area (Å²) in [6.45, 7) is 23.7. The highest BCUT2D eigenvalue weighted by Crippen LogP contribution is 2.27. The number of anilines is 1. The van der Waals surface area contributed by atoms with E-state index in [0.29, 0.717) is 25.6 Å². The number of rotatable bonds is 10. The number of aromatic nitrogens is 1. The molecule has 1 heterocycles. The molecular weight excluding hydrogens is 456 g/mol. The van der Waals surface area contributed by atoms with Crippen LogP contribution in [-0.4, -0.2) is 24.5 Å². The lowest BCUT2D eigenvalue weighted by atomic mass is 10.0. The largest absolute Gasteiger partial charge is 0.492 e. The second-order valence-corrected chi connectivity index (χ2v) is 7.46. The van der Waals surface area contributed by atoms with Gasteiger partial charge in [0.25, 0.3) is 0 Å². The fraction of sp³-hybridized carbons (Fsp3) is 0.414. The average Bonchev–Trinajstić information content (AvgIpc) is 2.88. The minimum atomic E-state index is 0.436. The van der Waals surface area contributed by atoms with Crippen molar-refractivity contribution >= 4 is 23.1 Å². The Kier molecular flexibility index (Phi) is 21.4. The maximum atomic E-state index is 5.87. The Morgan fingerprint density at radius 3 is 2.29 bits per heavy atom. The summed E-state index contributed by atoms with van der Waals surface area (Å²) in [6.07, 6.45) is 7.23. The Bertz CT molecular complexity index is 875. The van der Waals surface area contributed by atoms with Crippen molar-refractivity contribution in [3.05, 3.63) is 84.2 Å². The highest BCUT2D eigenvalue weighted by Gasteiger charge is 2.11. The minimum absolute atomic E-state index is 0.436. The lowest BCUT2D eigenvalue weighted by Gasteiger charge is -2.17. The molecule has 4 N–H and O–H groups in total. The fourth-order valence-electron chi connectivity index (χ4n) is 2.67. The van der Waals surface area contributed by atoms with Crippen LogP contribution < -0.4 is 21.1 Å². The van der Waals surface area contributed by atoms with Crippen molar-refractivity contribution in [2.45, 2.75) is 60.9 Å². The zero-order valence-corrected chi connectivity index (χ0v) is 23.8. The highest BCUT2D eigenvalue weighted by molar-refractivity contribution is 6.15. The molecule has 5 nitrogen and oxygen atoms in total. The third-order valence-electron chi connectivity index (χ3n) is 4.41. The number of alkyl halides is 1. The summed E-state index contributed by atoms with van der Waals surface area (Å²) in [7, 11) is 0. The van der Waals surface area contributed by atoms with Crippen LogP contribution in [0.15, 0.2) is 67.5 Å². The molecule has 0 fully saturated rings. The van der Waals surface area contributed by atoms with Gasteiger partial charge in [-0.2, -0.15) is 0 Å². The molecule has 0 aliphatic heterocycles. The van der Waals surface area contributed by atoms with Crippen molar-refractivity contribution in [3.8, 4) is 5.75 Å². The topological polar surface area (TPSA) is 72.2 Å². The standard InChI is InChI=1S/C22H30N4O.C4H8.C2H6.CH3Cl/c1-15(2)18-8-9-19(21(13-18)27-12-10-23)14-25-22-20(7-6-11-24-22)17(5)26-16(3)4;1-3-4-2;2*1-2/h6-9,11,13,15,26H,3,5,10,12,14,23H2,1-2,4H3,(H,24,25);3-4H,1-2H3;1-2H3;1H3/b;4-3-;;. The predicted molar refractivity (Wildman–Crippen MR) is 157 cm³/mol. The predicted octanol–water partition coefficient (Wildman–Crippen LogP) is 7.71. The van der Waals surface area contributed by atoms with Crippen LogP contribution in [-0.2, 0) is 6.54 Å². The summed E-state index contributed by atoms with van der Waals surface area (Å²) in [5, 5.41) is 6.55. The second-order valence-electron chi connectivity index (χ2n) is 7.46. The molecule has 0 saturated heterocycles. The number of hydrogen-bond donors (Lipinski definition) is 3. The first-order chi connectivity index (χ1) is 16.8. The van der Waals surface area contributed by atoms with Crippen LogP contribution in [0.3, 0.4) is 0 Å². The third kappa shape index (κ3) is 14.3. The summed E-state index contributed by atoms with van der Waals surface area (Å²) < 4.78 is 5.87. The second kappa shape index (κ2) is 21.8. The van der Waals surface area contributed by atoms with E-state index < -0.39 is 0 Å². The molecule has 0 unspecified atom stereocenters. The minimum Gasteiger partial charge on any atom is -0.492 e. The average molecular weight is 503 g/mol. The molecule has 1 aromatic heterocycles. The van der Waals surface area contributed by atoms with Crippen LogP contribution >= 0.6 is 11.6 Å². The van der Waals surface area contributed by atoms with Crippen LogP contribution in [0.5, 0.6) is 5.75 Å². The molecule has 2 aromatic rings. The molecule has 0 bridgehead atoms. The number of ether oxygens (including phenoxy) is 1. The van der Waals surface area contributed by atoms with Gasteiger partial charge in [0, 0.05) is 48.2 Å². The molecule has 0 spiro atoms. The Balaban J connectivity index is 0. The molecule has 35 heavy (non-hydrogen) atoms. The van der Waals surface area contributed by atoms with E-state index in [1.165, 1.54) is 11.9 Å². The van der Waals surface area contributed by atoms with E-state index >= 15 is 0 Å². The Morgan fingerprint density at radius 2 is 1.77 bits per heavy atom. The number of halogens is 1. The Hall–Kier alpha value is -2.76. The zero-order valence-electron chi connectivity index (χ0n) is 23.0. The van der Waals surface area contributed by atoms with Gasteiger partial charge < -0.3 is 21.1 Å². The van der Waals surface area contributed by atoms with Crippen LogP contribution in [0.2, 0.25) is 0 Å². The molecule has 0 aliphatic carbocycles. The maximum Gasteiger partial charge on any atom is 0.135 e. The van der Waals surface area contributed by atoms with Crippen molar-refractivity contribution in [1.82, 2.24) is 10.3 Å². The van der Waals surface area contributed by atoms with E-state index in [1.54, 1.807) is 6.20 Å². The summed E-state index contributed by atoms with van der Waals surface area (Å²) in [5.41, 5.74) is 10.4. The highest BCUT2D eigenvalue weighted by atomic mass is 35.5. The number of hydrogen-bond acceptors (Lipinski definition) is 5. The van der Waals surface area contributed by atoms with Gasteiger partial charge in [0.1, 0.15) is 18.2 Å². The molecule has 0 saturated carbocycles. The number of pyridine rings is 1. The third-order valence-corrected chi connectivity index (χ3v) is 4.41. The Morgan fingerprint density at radius 1 is 1.14 bits per heavy atom. The first-order valence-electron chi connectivity index (χ1n) is 12.0. The van der Waals surface area contributed by atoms with Gasteiger partial charge in [-0.25, -0.2) is 4.98 Å². The van der Waals surface area contributed by atoms with Crippen LogP contribution in [0.25, 0.3) is 5.70 Å². The zero-order chi connectivity index (χ0) is 27.2. The van der Waals surface area contributed by atoms with E-state index in [2.05, 4.69) is 72.4 Å². The molecular formula is C29H47ClN4O. The number of allylic oxidation sites excluding steroid dienone is 3. The van der Waals surface area contributed by atoms with Crippen molar-refractivity contribution in [3.63, 3.8) is 0 Å². The van der Waals surface area contributed by atoms with Crippen LogP contribution in [0.1, 0.15) is 71.1 Å².